The number of hydrogen-bond donors (Lipinski definition) is 0. The van der Waals surface area contributed by atoms with Crippen molar-refractivity contribution in [3.8, 4) is 0 Å². The molecule has 6 heteroatoms. The van der Waals surface area contributed by atoms with E-state index < -0.39 is 9.84 Å². The van der Waals surface area contributed by atoms with Gasteiger partial charge in [0, 0.05) is 19.3 Å². The maximum Gasteiger partial charge on any atom is 0.310 e. The van der Waals surface area contributed by atoms with Crippen molar-refractivity contribution in [2.75, 3.05) is 31.4 Å². The second-order valence-electron chi connectivity index (χ2n) is 5.12. The van der Waals surface area contributed by atoms with Crippen molar-refractivity contribution in [2.24, 2.45) is 5.92 Å². The van der Waals surface area contributed by atoms with E-state index in [9.17, 15) is 13.2 Å². The number of carbonyl (C=O) groups excluding carboxylic acids is 1. The van der Waals surface area contributed by atoms with E-state index in [-0.39, 0.29) is 17.6 Å². The van der Waals surface area contributed by atoms with Gasteiger partial charge in [0.15, 0.2) is 9.84 Å². The van der Waals surface area contributed by atoms with E-state index in [0.29, 0.717) is 17.9 Å². The molecule has 0 aliphatic heterocycles. The van der Waals surface area contributed by atoms with Crippen molar-refractivity contribution in [1.29, 1.82) is 0 Å². The van der Waals surface area contributed by atoms with Crippen LogP contribution >= 0.6 is 0 Å². The third-order valence-corrected chi connectivity index (χ3v) is 5.20. The van der Waals surface area contributed by atoms with Gasteiger partial charge in [0.05, 0.1) is 23.7 Å². The van der Waals surface area contributed by atoms with Crippen LogP contribution in [0, 0.1) is 5.92 Å². The van der Waals surface area contributed by atoms with Crippen LogP contribution in [0.5, 0.6) is 0 Å². The van der Waals surface area contributed by atoms with Gasteiger partial charge in [0.1, 0.15) is 0 Å². The van der Waals surface area contributed by atoms with Gasteiger partial charge in [-0.2, -0.15) is 0 Å². The molecule has 0 heterocycles. The van der Waals surface area contributed by atoms with Crippen molar-refractivity contribution in [3.63, 3.8) is 0 Å². The van der Waals surface area contributed by atoms with E-state index >= 15 is 0 Å². The van der Waals surface area contributed by atoms with Gasteiger partial charge in [-0.25, -0.2) is 8.42 Å². The molecule has 0 amide bonds. The minimum atomic E-state index is -3.19. The van der Waals surface area contributed by atoms with E-state index in [2.05, 4.69) is 0 Å². The number of carbonyl (C=O) groups is 1. The van der Waals surface area contributed by atoms with Crippen LogP contribution in [-0.2, 0) is 19.4 Å². The maximum absolute atomic E-state index is 11.9. The molecule has 1 aromatic rings. The lowest BCUT2D eigenvalue weighted by atomic mass is 10.1. The molecule has 1 atom stereocenters. The first-order valence-electron chi connectivity index (χ1n) is 6.93. The fourth-order valence-electron chi connectivity index (χ4n) is 2.09. The maximum atomic E-state index is 11.9. The summed E-state index contributed by atoms with van der Waals surface area (Å²) in [5.41, 5.74) is 0.862. The van der Waals surface area contributed by atoms with Crippen LogP contribution in [0.3, 0.4) is 0 Å². The summed E-state index contributed by atoms with van der Waals surface area (Å²) in [5.74, 6) is -0.353. The first-order valence-corrected chi connectivity index (χ1v) is 8.58. The predicted octanol–water partition coefficient (Wildman–Crippen LogP) is 2.12. The highest BCUT2D eigenvalue weighted by Crippen LogP contribution is 2.19. The van der Waals surface area contributed by atoms with Crippen LogP contribution in [0.15, 0.2) is 29.2 Å². The zero-order valence-electron chi connectivity index (χ0n) is 13.0. The van der Waals surface area contributed by atoms with E-state index in [4.69, 9.17) is 4.74 Å². The third kappa shape index (κ3) is 4.74. The van der Waals surface area contributed by atoms with Gasteiger partial charge < -0.3 is 9.64 Å². The number of benzene rings is 1. The highest BCUT2D eigenvalue weighted by Gasteiger charge is 2.17. The second kappa shape index (κ2) is 7.45. The SMILES string of the molecule is CCCS(=O)(=O)c1ccc(N(C)CC(C)C(=O)OC)cc1. The van der Waals surface area contributed by atoms with Gasteiger partial charge in [-0.05, 0) is 30.7 Å². The van der Waals surface area contributed by atoms with Gasteiger partial charge >= 0.3 is 5.97 Å². The minimum Gasteiger partial charge on any atom is -0.469 e. The Morgan fingerprint density at radius 1 is 1.29 bits per heavy atom. The van der Waals surface area contributed by atoms with Crippen molar-refractivity contribution in [2.45, 2.75) is 25.2 Å². The van der Waals surface area contributed by atoms with Gasteiger partial charge in [0.25, 0.3) is 0 Å². The van der Waals surface area contributed by atoms with Crippen LogP contribution in [-0.4, -0.2) is 40.8 Å². The Morgan fingerprint density at radius 2 is 1.86 bits per heavy atom. The van der Waals surface area contributed by atoms with E-state index in [1.54, 1.807) is 31.2 Å². The summed E-state index contributed by atoms with van der Waals surface area (Å²) in [6.07, 6.45) is 0.598. The van der Waals surface area contributed by atoms with Crippen molar-refractivity contribution in [3.05, 3.63) is 24.3 Å². The quantitative estimate of drug-likeness (QED) is 0.722. The summed E-state index contributed by atoms with van der Waals surface area (Å²) in [4.78, 5) is 13.6. The topological polar surface area (TPSA) is 63.7 Å². The highest BCUT2D eigenvalue weighted by molar-refractivity contribution is 7.91. The zero-order valence-corrected chi connectivity index (χ0v) is 13.8. The first-order chi connectivity index (χ1) is 9.81. The molecule has 0 radical (unpaired) electrons. The number of anilines is 1. The smallest absolute Gasteiger partial charge is 0.310 e. The molecule has 5 nitrogen and oxygen atoms in total. The van der Waals surface area contributed by atoms with Crippen LogP contribution < -0.4 is 4.90 Å². The van der Waals surface area contributed by atoms with Crippen molar-refractivity contribution in [1.82, 2.24) is 0 Å². The minimum absolute atomic E-state index is 0.154. The normalized spacial score (nSPS) is 12.8. The lowest BCUT2D eigenvalue weighted by Crippen LogP contribution is -2.29. The molecule has 0 bridgehead atoms. The number of methoxy groups -OCH3 is 1. The summed E-state index contributed by atoms with van der Waals surface area (Å²) in [6.45, 7) is 4.14. The van der Waals surface area contributed by atoms with E-state index in [0.717, 1.165) is 5.69 Å². The fraction of sp³-hybridized carbons (Fsp3) is 0.533. The number of ether oxygens (including phenoxy) is 1. The average Bonchev–Trinajstić information content (AvgIpc) is 2.46. The number of nitrogens with zero attached hydrogens (tertiary/aromatic N) is 1. The Hall–Kier alpha value is -1.56. The largest absolute Gasteiger partial charge is 0.469 e. The van der Waals surface area contributed by atoms with Crippen LogP contribution in [0.1, 0.15) is 20.3 Å². The molecule has 0 aromatic heterocycles. The molecule has 0 saturated heterocycles. The van der Waals surface area contributed by atoms with Gasteiger partial charge in [-0.1, -0.05) is 13.8 Å². The lowest BCUT2D eigenvalue weighted by molar-refractivity contribution is -0.144. The lowest BCUT2D eigenvalue weighted by Gasteiger charge is -2.22. The fourth-order valence-corrected chi connectivity index (χ4v) is 3.41. The van der Waals surface area contributed by atoms with Gasteiger partial charge in [-0.15, -0.1) is 0 Å². The van der Waals surface area contributed by atoms with Gasteiger partial charge in [0.2, 0.25) is 0 Å². The van der Waals surface area contributed by atoms with Crippen molar-refractivity contribution >= 4 is 21.5 Å². The summed E-state index contributed by atoms with van der Waals surface area (Å²) in [7, 11) is 0.0375. The number of hydrogen-bond acceptors (Lipinski definition) is 5. The monoisotopic (exact) mass is 313 g/mol. The van der Waals surface area contributed by atoms with E-state index in [1.807, 2.05) is 18.9 Å². The Morgan fingerprint density at radius 3 is 2.33 bits per heavy atom. The predicted molar refractivity (Wildman–Crippen MR) is 83.2 cm³/mol. The summed E-state index contributed by atoms with van der Waals surface area (Å²) in [5, 5.41) is 0. The molecule has 21 heavy (non-hydrogen) atoms. The average molecular weight is 313 g/mol. The zero-order chi connectivity index (χ0) is 16.0. The van der Waals surface area contributed by atoms with Gasteiger partial charge in [-0.3, -0.25) is 4.79 Å². The second-order valence-corrected chi connectivity index (χ2v) is 7.23. The Balaban J connectivity index is 2.80. The molecule has 1 unspecified atom stereocenters. The highest BCUT2D eigenvalue weighted by atomic mass is 32.2. The third-order valence-electron chi connectivity index (χ3n) is 3.26. The van der Waals surface area contributed by atoms with E-state index in [1.165, 1.54) is 7.11 Å². The Bertz CT molecular complexity index is 566. The van der Waals surface area contributed by atoms with Crippen LogP contribution in [0.4, 0.5) is 5.69 Å². The van der Waals surface area contributed by atoms with Crippen LogP contribution in [0.2, 0.25) is 0 Å². The molecule has 118 valence electrons. The van der Waals surface area contributed by atoms with Crippen LogP contribution in [0.25, 0.3) is 0 Å². The molecule has 0 saturated carbocycles. The molecule has 1 rings (SSSR count). The molecule has 0 N–H and O–H groups in total. The summed E-state index contributed by atoms with van der Waals surface area (Å²) in [6, 6.07) is 6.73. The molecule has 0 aliphatic rings. The number of rotatable bonds is 7. The Kier molecular flexibility index (Phi) is 6.20. The van der Waals surface area contributed by atoms with Crippen molar-refractivity contribution < 1.29 is 17.9 Å². The Labute approximate surface area is 126 Å². The number of sulfone groups is 1. The molecule has 0 fully saturated rings. The molecular weight excluding hydrogens is 290 g/mol. The summed E-state index contributed by atoms with van der Waals surface area (Å²) >= 11 is 0. The summed E-state index contributed by atoms with van der Waals surface area (Å²) < 4.78 is 28.6. The molecule has 0 aliphatic carbocycles. The molecule has 0 spiro atoms. The molecular formula is C15H23NO4S. The first kappa shape index (κ1) is 17.5. The number of esters is 1. The standard InChI is InChI=1S/C15H23NO4S/c1-5-10-21(18,19)14-8-6-13(7-9-14)16(3)11-12(2)15(17)20-4/h6-9,12H,5,10-11H2,1-4H3. The molecule has 1 aromatic carbocycles.